The third-order valence-electron chi connectivity index (χ3n) is 3.03. The number of benzene rings is 1. The molecular formula is C12H12O2S. The predicted molar refractivity (Wildman–Crippen MR) is 61.5 cm³/mol. The van der Waals surface area contributed by atoms with E-state index < -0.39 is 5.60 Å². The van der Waals surface area contributed by atoms with E-state index in [1.807, 2.05) is 17.5 Å². The number of rotatable bonds is 2. The summed E-state index contributed by atoms with van der Waals surface area (Å²) in [5, 5.41) is 13.3. The van der Waals surface area contributed by atoms with Crippen molar-refractivity contribution in [3.63, 3.8) is 0 Å². The van der Waals surface area contributed by atoms with E-state index >= 15 is 0 Å². The molecule has 3 rings (SSSR count). The molecule has 0 aliphatic heterocycles. The molecule has 0 saturated heterocycles. The normalized spacial score (nSPS) is 18.0. The third-order valence-corrected chi connectivity index (χ3v) is 3.95. The molecule has 1 saturated carbocycles. The average molecular weight is 220 g/mol. The minimum absolute atomic E-state index is 0.564. The van der Waals surface area contributed by atoms with Crippen LogP contribution in [0.4, 0.5) is 0 Å². The van der Waals surface area contributed by atoms with E-state index in [1.165, 1.54) is 0 Å². The molecule has 2 nitrogen and oxygen atoms in total. The van der Waals surface area contributed by atoms with Gasteiger partial charge in [0, 0.05) is 5.39 Å². The molecule has 15 heavy (non-hydrogen) atoms. The second-order valence-electron chi connectivity index (χ2n) is 4.01. The van der Waals surface area contributed by atoms with Crippen LogP contribution in [0.5, 0.6) is 5.75 Å². The molecule has 78 valence electrons. The zero-order chi connectivity index (χ0) is 10.5. The van der Waals surface area contributed by atoms with Crippen LogP contribution in [0.3, 0.4) is 0 Å². The molecule has 0 unspecified atom stereocenters. The highest BCUT2D eigenvalue weighted by molar-refractivity contribution is 7.17. The lowest BCUT2D eigenvalue weighted by Gasteiger charge is -2.11. The van der Waals surface area contributed by atoms with E-state index in [1.54, 1.807) is 18.4 Å². The van der Waals surface area contributed by atoms with Gasteiger partial charge in [-0.05, 0) is 35.9 Å². The zero-order valence-electron chi connectivity index (χ0n) is 8.49. The molecule has 0 spiro atoms. The van der Waals surface area contributed by atoms with Gasteiger partial charge in [0.15, 0.2) is 0 Å². The van der Waals surface area contributed by atoms with Crippen molar-refractivity contribution in [3.8, 4) is 5.75 Å². The van der Waals surface area contributed by atoms with E-state index in [2.05, 4.69) is 6.07 Å². The number of aliphatic hydroxyl groups is 1. The number of thiophene rings is 1. The summed E-state index contributed by atoms with van der Waals surface area (Å²) < 4.78 is 6.44. The summed E-state index contributed by atoms with van der Waals surface area (Å²) >= 11 is 1.66. The molecule has 0 radical (unpaired) electrons. The maximum absolute atomic E-state index is 10.1. The first-order chi connectivity index (χ1) is 7.24. The molecule has 1 heterocycles. The summed E-state index contributed by atoms with van der Waals surface area (Å²) in [6.07, 6.45) is 1.76. The Labute approximate surface area is 92.1 Å². The minimum Gasteiger partial charge on any atom is -0.495 e. The van der Waals surface area contributed by atoms with E-state index in [0.717, 1.165) is 34.2 Å². The van der Waals surface area contributed by atoms with Crippen LogP contribution >= 0.6 is 11.3 Å². The molecule has 1 aliphatic rings. The molecule has 3 heteroatoms. The molecule has 1 N–H and O–H groups in total. The number of methoxy groups -OCH3 is 1. The van der Waals surface area contributed by atoms with Gasteiger partial charge in [-0.25, -0.2) is 0 Å². The second kappa shape index (κ2) is 2.97. The highest BCUT2D eigenvalue weighted by Gasteiger charge is 2.43. The Morgan fingerprint density at radius 2 is 2.13 bits per heavy atom. The van der Waals surface area contributed by atoms with Gasteiger partial charge < -0.3 is 9.84 Å². The lowest BCUT2D eigenvalue weighted by Crippen LogP contribution is -2.04. The molecule has 0 amide bonds. The van der Waals surface area contributed by atoms with Crippen LogP contribution in [-0.2, 0) is 5.60 Å². The van der Waals surface area contributed by atoms with Crippen molar-refractivity contribution in [3.05, 3.63) is 29.1 Å². The van der Waals surface area contributed by atoms with Crippen molar-refractivity contribution in [1.82, 2.24) is 0 Å². The van der Waals surface area contributed by atoms with Crippen molar-refractivity contribution in [2.24, 2.45) is 0 Å². The van der Waals surface area contributed by atoms with E-state index in [4.69, 9.17) is 4.74 Å². The van der Waals surface area contributed by atoms with E-state index in [9.17, 15) is 5.11 Å². The Kier molecular flexibility index (Phi) is 1.82. The molecule has 1 aliphatic carbocycles. The fourth-order valence-electron chi connectivity index (χ4n) is 1.99. The molecule has 1 aromatic carbocycles. The van der Waals surface area contributed by atoms with Crippen molar-refractivity contribution in [2.75, 3.05) is 7.11 Å². The van der Waals surface area contributed by atoms with Gasteiger partial charge in [0.05, 0.1) is 17.4 Å². The summed E-state index contributed by atoms with van der Waals surface area (Å²) in [5.41, 5.74) is 0.491. The molecule has 0 atom stereocenters. The Hall–Kier alpha value is -1.06. The largest absolute Gasteiger partial charge is 0.495 e. The fraction of sp³-hybridized carbons (Fsp3) is 0.333. The molecule has 2 aromatic rings. The third kappa shape index (κ3) is 1.27. The van der Waals surface area contributed by atoms with Crippen LogP contribution in [0.25, 0.3) is 10.1 Å². The minimum atomic E-state index is -0.564. The topological polar surface area (TPSA) is 29.5 Å². The quantitative estimate of drug-likeness (QED) is 0.843. The average Bonchev–Trinajstić information content (AvgIpc) is 2.82. The Morgan fingerprint density at radius 3 is 2.80 bits per heavy atom. The van der Waals surface area contributed by atoms with Crippen LogP contribution < -0.4 is 4.74 Å². The summed E-state index contributed by atoms with van der Waals surface area (Å²) in [7, 11) is 1.68. The van der Waals surface area contributed by atoms with E-state index in [-0.39, 0.29) is 0 Å². The predicted octanol–water partition coefficient (Wildman–Crippen LogP) is 2.89. The maximum atomic E-state index is 10.1. The first kappa shape index (κ1) is 9.19. The highest BCUT2D eigenvalue weighted by atomic mass is 32.1. The molecular weight excluding hydrogens is 208 g/mol. The first-order valence-electron chi connectivity index (χ1n) is 5.02. The number of fused-ring (bicyclic) bond motifs is 1. The summed E-state index contributed by atoms with van der Waals surface area (Å²) in [6.45, 7) is 0. The Morgan fingerprint density at radius 1 is 1.33 bits per heavy atom. The van der Waals surface area contributed by atoms with Gasteiger partial charge in [-0.2, -0.15) is 0 Å². The summed E-state index contributed by atoms with van der Waals surface area (Å²) in [6, 6.07) is 6.00. The van der Waals surface area contributed by atoms with Crippen LogP contribution in [0.15, 0.2) is 23.6 Å². The van der Waals surface area contributed by atoms with Crippen molar-refractivity contribution >= 4 is 21.4 Å². The van der Waals surface area contributed by atoms with Crippen molar-refractivity contribution in [2.45, 2.75) is 18.4 Å². The standard InChI is InChI=1S/C12H12O2S/c1-14-10-3-2-9(12(13)5-6-12)8-4-7-15-11(8)10/h2-4,7,13H,5-6H2,1H3. The Balaban J connectivity index is 2.28. The van der Waals surface area contributed by atoms with Crippen molar-refractivity contribution in [1.29, 1.82) is 0 Å². The van der Waals surface area contributed by atoms with Crippen LogP contribution in [0.2, 0.25) is 0 Å². The monoisotopic (exact) mass is 220 g/mol. The van der Waals surface area contributed by atoms with Gasteiger partial charge >= 0.3 is 0 Å². The number of ether oxygens (including phenoxy) is 1. The smallest absolute Gasteiger partial charge is 0.136 e. The Bertz CT molecular complexity index is 511. The van der Waals surface area contributed by atoms with Crippen LogP contribution in [-0.4, -0.2) is 12.2 Å². The van der Waals surface area contributed by atoms with Gasteiger partial charge in [-0.1, -0.05) is 6.07 Å². The first-order valence-corrected chi connectivity index (χ1v) is 5.90. The van der Waals surface area contributed by atoms with Gasteiger partial charge in [-0.3, -0.25) is 0 Å². The second-order valence-corrected chi connectivity index (χ2v) is 4.93. The lowest BCUT2D eigenvalue weighted by molar-refractivity contribution is 0.153. The van der Waals surface area contributed by atoms with Crippen LogP contribution in [0.1, 0.15) is 18.4 Å². The van der Waals surface area contributed by atoms with Crippen LogP contribution in [0, 0.1) is 0 Å². The van der Waals surface area contributed by atoms with Crippen molar-refractivity contribution < 1.29 is 9.84 Å². The highest BCUT2D eigenvalue weighted by Crippen LogP contribution is 2.49. The number of hydrogen-bond acceptors (Lipinski definition) is 3. The molecule has 1 aromatic heterocycles. The SMILES string of the molecule is COc1ccc(C2(O)CC2)c2ccsc12. The number of hydrogen-bond donors (Lipinski definition) is 1. The summed E-state index contributed by atoms with van der Waals surface area (Å²) in [5.74, 6) is 0.896. The van der Waals surface area contributed by atoms with Gasteiger partial charge in [0.2, 0.25) is 0 Å². The molecule has 1 fully saturated rings. The maximum Gasteiger partial charge on any atom is 0.136 e. The lowest BCUT2D eigenvalue weighted by atomic mass is 10.0. The van der Waals surface area contributed by atoms with E-state index in [0.29, 0.717) is 0 Å². The zero-order valence-corrected chi connectivity index (χ0v) is 9.30. The van der Waals surface area contributed by atoms with Gasteiger partial charge in [0.25, 0.3) is 0 Å². The molecule has 0 bridgehead atoms. The fourth-order valence-corrected chi connectivity index (χ4v) is 2.90. The summed E-state index contributed by atoms with van der Waals surface area (Å²) in [4.78, 5) is 0. The van der Waals surface area contributed by atoms with Gasteiger partial charge in [-0.15, -0.1) is 11.3 Å². The van der Waals surface area contributed by atoms with Gasteiger partial charge in [0.1, 0.15) is 5.75 Å².